The zero-order chi connectivity index (χ0) is 18.3. The fraction of sp³-hybridized carbons (Fsp3) is 0.100. The van der Waals surface area contributed by atoms with Crippen LogP contribution in [0.4, 0.5) is 0 Å². The van der Waals surface area contributed by atoms with Crippen LogP contribution in [0.5, 0.6) is 5.75 Å². The van der Waals surface area contributed by atoms with Gasteiger partial charge in [-0.1, -0.05) is 11.6 Å². The summed E-state index contributed by atoms with van der Waals surface area (Å²) in [5.74, 6) is 0.520. The summed E-state index contributed by atoms with van der Waals surface area (Å²) < 4.78 is 16.2. The summed E-state index contributed by atoms with van der Waals surface area (Å²) in [7, 11) is 0. The number of hydrogen-bond acceptors (Lipinski definition) is 5. The first-order valence-electron chi connectivity index (χ1n) is 7.89. The van der Waals surface area contributed by atoms with E-state index in [0.717, 1.165) is 10.9 Å². The van der Waals surface area contributed by atoms with Crippen LogP contribution in [0.3, 0.4) is 0 Å². The lowest BCUT2D eigenvalue weighted by molar-refractivity contribution is 0.306. The van der Waals surface area contributed by atoms with Crippen LogP contribution >= 0.6 is 11.6 Å². The summed E-state index contributed by atoms with van der Waals surface area (Å²) in [6, 6.07) is 13.1. The zero-order valence-electron chi connectivity index (χ0n) is 13.7. The van der Waals surface area contributed by atoms with Crippen LogP contribution in [0.25, 0.3) is 21.9 Å². The number of halogens is 1. The first kappa shape index (κ1) is 16.4. The molecule has 2 aromatic carbocycles. The molecule has 130 valence electrons. The molecule has 0 aliphatic carbocycles. The van der Waals surface area contributed by atoms with Gasteiger partial charge in [0, 0.05) is 39.6 Å². The van der Waals surface area contributed by atoms with Crippen molar-refractivity contribution in [3.63, 3.8) is 0 Å². The lowest BCUT2D eigenvalue weighted by Crippen LogP contribution is -2.04. The van der Waals surface area contributed by atoms with E-state index in [1.165, 1.54) is 12.1 Å². The van der Waals surface area contributed by atoms with Crippen molar-refractivity contribution in [1.82, 2.24) is 0 Å². The number of benzene rings is 2. The van der Waals surface area contributed by atoms with Gasteiger partial charge < -0.3 is 13.6 Å². The summed E-state index contributed by atoms with van der Waals surface area (Å²) in [6.07, 6.45) is 0. The molecule has 0 atom stereocenters. The molecule has 0 unspecified atom stereocenters. The second-order valence-corrected chi connectivity index (χ2v) is 6.34. The highest BCUT2D eigenvalue weighted by atomic mass is 35.5. The highest BCUT2D eigenvalue weighted by molar-refractivity contribution is 6.32. The van der Waals surface area contributed by atoms with Crippen LogP contribution in [0.2, 0.25) is 5.02 Å². The molecule has 4 aromatic rings. The van der Waals surface area contributed by atoms with Crippen molar-refractivity contribution in [1.29, 1.82) is 0 Å². The first-order valence-corrected chi connectivity index (χ1v) is 8.27. The van der Waals surface area contributed by atoms with Gasteiger partial charge in [0.1, 0.15) is 23.5 Å². The van der Waals surface area contributed by atoms with Crippen molar-refractivity contribution in [2.75, 3.05) is 0 Å². The van der Waals surface area contributed by atoms with Gasteiger partial charge >= 0.3 is 11.3 Å². The summed E-state index contributed by atoms with van der Waals surface area (Å²) >= 11 is 6.19. The molecule has 2 heterocycles. The minimum atomic E-state index is -0.456. The summed E-state index contributed by atoms with van der Waals surface area (Å²) in [5.41, 5.74) is 1.50. The van der Waals surface area contributed by atoms with Crippen molar-refractivity contribution >= 4 is 33.5 Å². The summed E-state index contributed by atoms with van der Waals surface area (Å²) in [4.78, 5) is 23.2. The largest absolute Gasteiger partial charge is 0.489 e. The van der Waals surface area contributed by atoms with E-state index in [1.807, 2.05) is 6.92 Å². The maximum absolute atomic E-state index is 11.8. The Kier molecular flexibility index (Phi) is 4.01. The molecule has 0 fully saturated rings. The predicted molar refractivity (Wildman–Crippen MR) is 99.0 cm³/mol. The average Bonchev–Trinajstić information content (AvgIpc) is 2.60. The van der Waals surface area contributed by atoms with Gasteiger partial charge in [-0.25, -0.2) is 9.59 Å². The molecule has 0 radical (unpaired) electrons. The van der Waals surface area contributed by atoms with Crippen LogP contribution in [-0.4, -0.2) is 0 Å². The Bertz CT molecular complexity index is 1250. The molecule has 2 aromatic heterocycles. The Balaban J connectivity index is 1.70. The number of hydrogen-bond donors (Lipinski definition) is 0. The third-order valence-electron chi connectivity index (χ3n) is 4.10. The quantitative estimate of drug-likeness (QED) is 0.500. The molecule has 0 amide bonds. The number of ether oxygens (including phenoxy) is 1. The van der Waals surface area contributed by atoms with Gasteiger partial charge in [-0.05, 0) is 42.8 Å². The molecule has 6 heteroatoms. The second-order valence-electron chi connectivity index (χ2n) is 5.93. The maximum atomic E-state index is 11.8. The first-order chi connectivity index (χ1) is 12.5. The molecule has 0 saturated heterocycles. The number of fused-ring (bicyclic) bond motifs is 2. The van der Waals surface area contributed by atoms with Crippen LogP contribution in [0.1, 0.15) is 11.1 Å². The molecular weight excluding hydrogens is 356 g/mol. The second kappa shape index (κ2) is 6.35. The van der Waals surface area contributed by atoms with Crippen molar-refractivity contribution < 1.29 is 13.6 Å². The Labute approximate surface area is 152 Å². The highest BCUT2D eigenvalue weighted by Gasteiger charge is 2.10. The van der Waals surface area contributed by atoms with Crippen LogP contribution in [0.15, 0.2) is 67.0 Å². The smallest absolute Gasteiger partial charge is 0.336 e. The molecule has 0 aliphatic heterocycles. The van der Waals surface area contributed by atoms with Crippen LogP contribution in [0, 0.1) is 6.92 Å². The van der Waals surface area contributed by atoms with E-state index < -0.39 is 11.3 Å². The van der Waals surface area contributed by atoms with E-state index in [0.29, 0.717) is 32.9 Å². The van der Waals surface area contributed by atoms with Crippen molar-refractivity contribution in [3.8, 4) is 5.75 Å². The van der Waals surface area contributed by atoms with Crippen LogP contribution in [-0.2, 0) is 6.61 Å². The molecule has 0 spiro atoms. The highest BCUT2D eigenvalue weighted by Crippen LogP contribution is 2.26. The lowest BCUT2D eigenvalue weighted by Gasteiger charge is -2.10. The molecule has 0 N–H and O–H groups in total. The molecule has 0 aliphatic rings. The van der Waals surface area contributed by atoms with E-state index >= 15 is 0 Å². The Hall–Kier alpha value is -3.05. The van der Waals surface area contributed by atoms with Gasteiger partial charge in [0.15, 0.2) is 0 Å². The van der Waals surface area contributed by atoms with E-state index in [2.05, 4.69) is 0 Å². The minimum absolute atomic E-state index is 0.143. The van der Waals surface area contributed by atoms with Crippen molar-refractivity contribution in [2.24, 2.45) is 0 Å². The van der Waals surface area contributed by atoms with Gasteiger partial charge in [0.2, 0.25) is 0 Å². The fourth-order valence-electron chi connectivity index (χ4n) is 2.76. The molecule has 26 heavy (non-hydrogen) atoms. The number of aryl methyl sites for hydroxylation is 1. The van der Waals surface area contributed by atoms with E-state index in [9.17, 15) is 9.59 Å². The third-order valence-corrected chi connectivity index (χ3v) is 4.51. The number of rotatable bonds is 3. The molecule has 4 rings (SSSR count). The molecule has 0 bridgehead atoms. The Morgan fingerprint density at radius 2 is 1.69 bits per heavy atom. The Morgan fingerprint density at radius 3 is 2.54 bits per heavy atom. The zero-order valence-corrected chi connectivity index (χ0v) is 14.5. The normalized spacial score (nSPS) is 11.2. The standard InChI is InChI=1S/C20H13ClO5/c1-11-6-18-15(9-16(11)21)13(7-20(23)26-18)10-24-14-4-2-12-3-5-19(22)25-17(12)8-14/h2-9H,10H2,1H3. The third kappa shape index (κ3) is 3.09. The molecule has 0 saturated carbocycles. The molecular formula is C20H13ClO5. The van der Waals surface area contributed by atoms with Gasteiger partial charge in [-0.3, -0.25) is 0 Å². The van der Waals surface area contributed by atoms with E-state index in [-0.39, 0.29) is 6.61 Å². The summed E-state index contributed by atoms with van der Waals surface area (Å²) in [6.45, 7) is 1.98. The van der Waals surface area contributed by atoms with Crippen molar-refractivity contribution in [3.05, 3.63) is 85.5 Å². The van der Waals surface area contributed by atoms with E-state index in [1.54, 1.807) is 36.4 Å². The van der Waals surface area contributed by atoms with Crippen LogP contribution < -0.4 is 16.0 Å². The van der Waals surface area contributed by atoms with Gasteiger partial charge in [-0.2, -0.15) is 0 Å². The van der Waals surface area contributed by atoms with Gasteiger partial charge in [0.25, 0.3) is 0 Å². The Morgan fingerprint density at radius 1 is 0.923 bits per heavy atom. The molecule has 5 nitrogen and oxygen atoms in total. The SMILES string of the molecule is Cc1cc2oc(=O)cc(COc3ccc4ccc(=O)oc4c3)c2cc1Cl. The minimum Gasteiger partial charge on any atom is -0.489 e. The average molecular weight is 369 g/mol. The maximum Gasteiger partial charge on any atom is 0.336 e. The van der Waals surface area contributed by atoms with Gasteiger partial charge in [0.05, 0.1) is 0 Å². The van der Waals surface area contributed by atoms with Gasteiger partial charge in [-0.15, -0.1) is 0 Å². The lowest BCUT2D eigenvalue weighted by atomic mass is 10.1. The summed E-state index contributed by atoms with van der Waals surface area (Å²) in [5, 5.41) is 2.10. The predicted octanol–water partition coefficient (Wildman–Crippen LogP) is 4.44. The fourth-order valence-corrected chi connectivity index (χ4v) is 2.92. The van der Waals surface area contributed by atoms with E-state index in [4.69, 9.17) is 25.2 Å². The topological polar surface area (TPSA) is 69.7 Å². The van der Waals surface area contributed by atoms with Crippen molar-refractivity contribution in [2.45, 2.75) is 13.5 Å². The monoisotopic (exact) mass is 368 g/mol.